The number of rotatable bonds is 4. The molecule has 0 fully saturated rings. The molecule has 0 amide bonds. The lowest BCUT2D eigenvalue weighted by molar-refractivity contribution is -0.142. The van der Waals surface area contributed by atoms with Crippen LogP contribution in [-0.2, 0) is 9.53 Å². The van der Waals surface area contributed by atoms with Crippen LogP contribution in [0.2, 0.25) is 10.0 Å². The number of carbonyl (C=O) groups excluding carboxylic acids is 2. The van der Waals surface area contributed by atoms with Gasteiger partial charge in [-0.25, -0.2) is 0 Å². The molecule has 2 N–H and O–H groups in total. The van der Waals surface area contributed by atoms with Crippen molar-refractivity contribution < 1.29 is 14.3 Å². The van der Waals surface area contributed by atoms with E-state index in [2.05, 4.69) is 4.74 Å². The Hall–Kier alpha value is -0.810. The van der Waals surface area contributed by atoms with Gasteiger partial charge in [0, 0.05) is 17.0 Å². The summed E-state index contributed by atoms with van der Waals surface area (Å²) in [6.07, 6.45) is -0.159. The number of hydrogen-bond acceptors (Lipinski definition) is 4. The van der Waals surface area contributed by atoms with Crippen LogP contribution in [-0.4, -0.2) is 24.9 Å². The number of halogens is 3. The van der Waals surface area contributed by atoms with Gasteiger partial charge in [0.15, 0.2) is 5.78 Å². The minimum absolute atomic E-state index is 0. The SMILES string of the molecule is COC(=O)C(N)CC(=O)c1ccc(Cl)cc1Cl.Cl. The number of carbonyl (C=O) groups is 2. The molecular weight excluding hydrogens is 300 g/mol. The third-order valence-corrected chi connectivity index (χ3v) is 2.69. The van der Waals surface area contributed by atoms with E-state index in [-0.39, 0.29) is 35.2 Å². The second-order valence-corrected chi connectivity index (χ2v) is 4.22. The molecule has 0 spiro atoms. The summed E-state index contributed by atoms with van der Waals surface area (Å²) in [5.41, 5.74) is 5.77. The summed E-state index contributed by atoms with van der Waals surface area (Å²) in [4.78, 5) is 22.9. The molecule has 1 aromatic rings. The maximum atomic E-state index is 11.8. The maximum absolute atomic E-state index is 11.8. The highest BCUT2D eigenvalue weighted by atomic mass is 35.5. The fourth-order valence-electron chi connectivity index (χ4n) is 1.26. The number of hydrogen-bond donors (Lipinski definition) is 1. The van der Waals surface area contributed by atoms with Crippen molar-refractivity contribution in [2.45, 2.75) is 12.5 Å². The number of ketones is 1. The average Bonchev–Trinajstić information content (AvgIpc) is 2.27. The van der Waals surface area contributed by atoms with Crippen LogP contribution in [0.25, 0.3) is 0 Å². The highest BCUT2D eigenvalue weighted by Crippen LogP contribution is 2.22. The quantitative estimate of drug-likeness (QED) is 0.685. The zero-order valence-corrected chi connectivity index (χ0v) is 11.8. The minimum Gasteiger partial charge on any atom is -0.468 e. The van der Waals surface area contributed by atoms with Crippen molar-refractivity contribution in [2.24, 2.45) is 5.73 Å². The first-order valence-electron chi connectivity index (χ1n) is 4.77. The van der Waals surface area contributed by atoms with Gasteiger partial charge in [0.2, 0.25) is 0 Å². The molecule has 0 aliphatic carbocycles. The second-order valence-electron chi connectivity index (χ2n) is 3.38. The molecule has 1 rings (SSSR count). The van der Waals surface area contributed by atoms with E-state index in [4.69, 9.17) is 28.9 Å². The lowest BCUT2D eigenvalue weighted by Gasteiger charge is -2.09. The summed E-state index contributed by atoms with van der Waals surface area (Å²) in [6.45, 7) is 0. The maximum Gasteiger partial charge on any atom is 0.323 e. The third-order valence-electron chi connectivity index (χ3n) is 2.14. The lowest BCUT2D eigenvalue weighted by Crippen LogP contribution is -2.33. The van der Waals surface area contributed by atoms with Crippen LogP contribution in [0.4, 0.5) is 0 Å². The normalized spacial score (nSPS) is 11.3. The number of benzene rings is 1. The Morgan fingerprint density at radius 3 is 2.50 bits per heavy atom. The molecule has 0 aliphatic rings. The van der Waals surface area contributed by atoms with Crippen LogP contribution in [0.3, 0.4) is 0 Å². The first-order chi connectivity index (χ1) is 7.95. The Morgan fingerprint density at radius 1 is 1.39 bits per heavy atom. The largest absolute Gasteiger partial charge is 0.468 e. The summed E-state index contributed by atoms with van der Waals surface area (Å²) in [5, 5.41) is 0.670. The number of ether oxygens (including phenoxy) is 1. The van der Waals surface area contributed by atoms with Gasteiger partial charge in [-0.3, -0.25) is 9.59 Å². The fourth-order valence-corrected chi connectivity index (χ4v) is 1.77. The molecule has 100 valence electrons. The number of esters is 1. The lowest BCUT2D eigenvalue weighted by atomic mass is 10.0. The topological polar surface area (TPSA) is 69.4 Å². The fraction of sp³-hybridized carbons (Fsp3) is 0.273. The van der Waals surface area contributed by atoms with Gasteiger partial charge in [0.05, 0.1) is 12.1 Å². The van der Waals surface area contributed by atoms with Crippen molar-refractivity contribution >= 4 is 47.4 Å². The summed E-state index contributed by atoms with van der Waals surface area (Å²) >= 11 is 11.6. The molecule has 0 radical (unpaired) electrons. The zero-order chi connectivity index (χ0) is 13.0. The predicted octanol–water partition coefficient (Wildman–Crippen LogP) is 2.49. The van der Waals surface area contributed by atoms with Gasteiger partial charge in [-0.2, -0.15) is 0 Å². The standard InChI is InChI=1S/C11H11Cl2NO3.ClH/c1-17-11(16)9(14)5-10(15)7-3-2-6(12)4-8(7)13;/h2-4,9H,5,14H2,1H3;1H. The Balaban J connectivity index is 0.00000289. The van der Waals surface area contributed by atoms with E-state index in [1.165, 1.54) is 19.2 Å². The second kappa shape index (κ2) is 7.59. The van der Waals surface area contributed by atoms with E-state index >= 15 is 0 Å². The van der Waals surface area contributed by atoms with Gasteiger partial charge in [-0.1, -0.05) is 23.2 Å². The molecular formula is C11H12Cl3NO3. The van der Waals surface area contributed by atoms with E-state index in [0.717, 1.165) is 0 Å². The Morgan fingerprint density at radius 2 is 2.00 bits per heavy atom. The first kappa shape index (κ1) is 17.2. The molecule has 1 unspecified atom stereocenters. The van der Waals surface area contributed by atoms with Gasteiger partial charge in [0.25, 0.3) is 0 Å². The molecule has 0 aliphatic heterocycles. The molecule has 0 saturated heterocycles. The van der Waals surface area contributed by atoms with Crippen molar-refractivity contribution in [3.05, 3.63) is 33.8 Å². The van der Waals surface area contributed by atoms with Gasteiger partial charge in [-0.15, -0.1) is 12.4 Å². The Kier molecular flexibility index (Phi) is 7.25. The summed E-state index contributed by atoms with van der Waals surface area (Å²) in [6, 6.07) is 3.51. The molecule has 0 bridgehead atoms. The van der Waals surface area contributed by atoms with E-state index in [9.17, 15) is 9.59 Å². The minimum atomic E-state index is -0.987. The smallest absolute Gasteiger partial charge is 0.323 e. The van der Waals surface area contributed by atoms with Gasteiger partial charge < -0.3 is 10.5 Å². The van der Waals surface area contributed by atoms with Crippen LogP contribution in [0.15, 0.2) is 18.2 Å². The van der Waals surface area contributed by atoms with E-state index < -0.39 is 12.0 Å². The average molecular weight is 313 g/mol. The number of nitrogens with two attached hydrogens (primary N) is 1. The Labute approximate surface area is 121 Å². The van der Waals surface area contributed by atoms with Crippen LogP contribution in [0, 0.1) is 0 Å². The highest BCUT2D eigenvalue weighted by molar-refractivity contribution is 6.36. The summed E-state index contributed by atoms with van der Waals surface area (Å²) in [7, 11) is 1.21. The van der Waals surface area contributed by atoms with Crippen LogP contribution < -0.4 is 5.73 Å². The van der Waals surface area contributed by atoms with Gasteiger partial charge in [-0.05, 0) is 18.2 Å². The van der Waals surface area contributed by atoms with E-state index in [0.29, 0.717) is 5.02 Å². The monoisotopic (exact) mass is 311 g/mol. The molecule has 7 heteroatoms. The molecule has 0 saturated carbocycles. The molecule has 0 heterocycles. The van der Waals surface area contributed by atoms with Crippen molar-refractivity contribution in [3.8, 4) is 0 Å². The van der Waals surface area contributed by atoms with Crippen LogP contribution in [0.1, 0.15) is 16.8 Å². The first-order valence-corrected chi connectivity index (χ1v) is 5.53. The predicted molar refractivity (Wildman–Crippen MR) is 72.6 cm³/mol. The molecule has 4 nitrogen and oxygen atoms in total. The zero-order valence-electron chi connectivity index (χ0n) is 9.48. The highest BCUT2D eigenvalue weighted by Gasteiger charge is 2.20. The van der Waals surface area contributed by atoms with Crippen LogP contribution >= 0.6 is 35.6 Å². The molecule has 18 heavy (non-hydrogen) atoms. The van der Waals surface area contributed by atoms with Crippen LogP contribution in [0.5, 0.6) is 0 Å². The summed E-state index contributed by atoms with van der Waals surface area (Å²) < 4.78 is 4.43. The third kappa shape index (κ3) is 4.46. The van der Waals surface area contributed by atoms with Gasteiger partial charge >= 0.3 is 5.97 Å². The Bertz CT molecular complexity index is 451. The van der Waals surface area contributed by atoms with Crippen molar-refractivity contribution in [1.29, 1.82) is 0 Å². The van der Waals surface area contributed by atoms with Crippen molar-refractivity contribution in [1.82, 2.24) is 0 Å². The molecule has 0 aromatic heterocycles. The number of methoxy groups -OCH3 is 1. The van der Waals surface area contributed by atoms with E-state index in [1.807, 2.05) is 0 Å². The molecule has 1 atom stereocenters. The summed E-state index contributed by atoms with van der Waals surface area (Å²) in [5.74, 6) is -0.965. The van der Waals surface area contributed by atoms with Crippen molar-refractivity contribution in [2.75, 3.05) is 7.11 Å². The van der Waals surface area contributed by atoms with Crippen molar-refractivity contribution in [3.63, 3.8) is 0 Å². The number of Topliss-reactive ketones (excluding diaryl/α,β-unsaturated/α-hetero) is 1. The van der Waals surface area contributed by atoms with E-state index in [1.54, 1.807) is 6.07 Å². The van der Waals surface area contributed by atoms with Gasteiger partial charge in [0.1, 0.15) is 6.04 Å². The molecule has 1 aromatic carbocycles.